The second-order valence-electron chi connectivity index (χ2n) is 35.7. The predicted octanol–water partition coefficient (Wildman–Crippen LogP) is 18.8. The third kappa shape index (κ3) is 18.9. The Morgan fingerprint density at radius 3 is 1.50 bits per heavy atom. The molecule has 3 aromatic carbocycles. The highest BCUT2D eigenvalue weighted by molar-refractivity contribution is 8.00. The number of aromatic nitrogens is 14. The fourth-order valence-corrected chi connectivity index (χ4v) is 26.7. The number of methoxy groups -OCH3 is 1. The maximum absolute atomic E-state index is 14.8. The lowest BCUT2D eigenvalue weighted by Crippen LogP contribution is -2.61. The van der Waals surface area contributed by atoms with E-state index in [9.17, 15) is 88.5 Å². The van der Waals surface area contributed by atoms with Gasteiger partial charge in [-0.1, -0.05) is 28.3 Å². The van der Waals surface area contributed by atoms with Crippen molar-refractivity contribution >= 4 is 105 Å². The topological polar surface area (TPSA) is 259 Å². The number of carbonyl (C=O) groups is 3. The lowest BCUT2D eigenvalue weighted by Gasteiger charge is -2.54. The number of carbonyl (C=O) groups excluding carboxylic acids is 3. The number of hydrogen-bond acceptors (Lipinski definition) is 17. The fraction of sp³-hybridized carbons (Fsp3) is 0.337. The molecular weight excluding hydrogens is 1910 g/mol. The van der Waals surface area contributed by atoms with Gasteiger partial charge in [-0.05, 0) is 280 Å². The standard InChI is InChI=1S/C33H34F4N6O3S2.C32H26ClF6N5O2S.C30H27F4N5O2S/c1-31(46-3)15-25(16-31)43(48(4,45)28-11-12-41(2)40-28)24-8-5-21-13-26-20(18-39-42(26)23-9-6-22(34)7-10-23)14-32(21,17-24)29(44)30-38-19-27(47-30)33(35,36)37;1-47(46,25-8-9-28(33)41-17-25)43(18-29(35)36)24-5-2-20-13-27-19(16-42-44(27)23-6-3-22(34)4-7-23)14-31(20,15-24)30(45)26-12-21(10-11-40-26)32(37,38)39;1-38-17-25(16-36-38)42(2,41)18-19-3-4-21-11-27-20(14-37-39(27)24-8-6-23(31)7-9-24)13-29(21,12-19)28(40)26-10-5-22(15-35-26)30(32,33)34/h6-7,9-13,18-19,24-25H,4-5,8,14-17H2,1-3H3;3-4,6-13,16-17,24,29H,1-2,5,14-15,18H2;5-11,14-17,19H,2-4,12-13,18H2,1H3/t24-,25?,31?,32-,48?;24-,31-,47?;19?,29-,42?/m001/s1. The maximum Gasteiger partial charge on any atom is 0.427 e. The van der Waals surface area contributed by atoms with Gasteiger partial charge in [0.1, 0.15) is 38.9 Å². The van der Waals surface area contributed by atoms with Crippen LogP contribution in [0.4, 0.5) is 61.5 Å². The highest BCUT2D eigenvalue weighted by Crippen LogP contribution is 2.58. The van der Waals surface area contributed by atoms with Gasteiger partial charge in [-0.3, -0.25) is 37.9 Å². The Morgan fingerprint density at radius 2 is 1.04 bits per heavy atom. The number of allylic oxidation sites excluding steroid dienone is 3. The van der Waals surface area contributed by atoms with Crippen LogP contribution < -0.4 is 0 Å². The van der Waals surface area contributed by atoms with Gasteiger partial charge in [-0.25, -0.2) is 63.0 Å². The van der Waals surface area contributed by atoms with Crippen LogP contribution in [0, 0.1) is 39.6 Å². The van der Waals surface area contributed by atoms with Crippen LogP contribution in [0.25, 0.3) is 35.3 Å². The Balaban J connectivity index is 0.000000143. The number of thiazole rings is 1. The van der Waals surface area contributed by atoms with E-state index in [1.165, 1.54) is 79.3 Å². The molecule has 9 atom stereocenters. The predicted molar refractivity (Wildman–Crippen MR) is 488 cm³/mol. The summed E-state index contributed by atoms with van der Waals surface area (Å²) >= 11 is 6.22. The highest BCUT2D eigenvalue weighted by atomic mass is 35.5. The van der Waals surface area contributed by atoms with Crippen LogP contribution in [-0.4, -0.2) is 175 Å². The van der Waals surface area contributed by atoms with E-state index in [1.54, 1.807) is 106 Å². The minimum absolute atomic E-state index is 0.0496. The molecule has 0 bridgehead atoms. The first-order valence-electron chi connectivity index (χ1n) is 43.1. The van der Waals surface area contributed by atoms with E-state index in [0.717, 1.165) is 56.8 Å². The van der Waals surface area contributed by atoms with Crippen molar-refractivity contribution in [2.75, 3.05) is 19.4 Å². The molecule has 718 valence electrons. The van der Waals surface area contributed by atoms with Crippen molar-refractivity contribution in [3.05, 3.63) is 283 Å². The van der Waals surface area contributed by atoms with Crippen molar-refractivity contribution in [1.82, 2.24) is 77.4 Å². The second kappa shape index (κ2) is 36.6. The Morgan fingerprint density at radius 1 is 0.533 bits per heavy atom. The molecule has 4 fully saturated rings. The van der Waals surface area contributed by atoms with Gasteiger partial charge in [-0.2, -0.15) is 65.0 Å². The van der Waals surface area contributed by atoms with E-state index in [-0.39, 0.29) is 95.0 Å². The summed E-state index contributed by atoms with van der Waals surface area (Å²) in [6.45, 7) is 1.04. The molecule has 42 heteroatoms. The summed E-state index contributed by atoms with van der Waals surface area (Å²) in [5.41, 5.74) is 1.15. The monoisotopic (exact) mass is 1990 g/mol. The molecular formula is C95H87ClF14N16O7S4. The van der Waals surface area contributed by atoms with Crippen molar-refractivity contribution in [3.8, 4) is 17.1 Å². The smallest absolute Gasteiger partial charge is 0.378 e. The molecule has 0 radical (unpaired) electrons. The van der Waals surface area contributed by atoms with Crippen LogP contribution in [0.5, 0.6) is 0 Å². The number of benzene rings is 3. The number of ketones is 3. The minimum Gasteiger partial charge on any atom is -0.378 e. The van der Waals surface area contributed by atoms with Gasteiger partial charge in [0.2, 0.25) is 5.78 Å². The molecule has 23 nitrogen and oxygen atoms in total. The molecule has 4 unspecified atom stereocenters. The highest BCUT2D eigenvalue weighted by Gasteiger charge is 2.58. The Hall–Kier alpha value is -11.7. The summed E-state index contributed by atoms with van der Waals surface area (Å²) in [5.74, 6) is 9.25. The summed E-state index contributed by atoms with van der Waals surface area (Å²) in [4.78, 5) is 58.9. The van der Waals surface area contributed by atoms with E-state index in [0.29, 0.717) is 124 Å². The van der Waals surface area contributed by atoms with Gasteiger partial charge >= 0.3 is 18.5 Å². The second-order valence-corrected chi connectivity index (χ2v) is 43.9. The molecule has 12 aromatic rings. The first-order valence-corrected chi connectivity index (χ1v) is 49.6. The molecule has 0 aliphatic heterocycles. The van der Waals surface area contributed by atoms with E-state index < -0.39 is 139 Å². The molecule has 7 aliphatic carbocycles. The molecule has 0 spiro atoms. The molecule has 4 saturated carbocycles. The number of rotatable bonds is 22. The van der Waals surface area contributed by atoms with E-state index >= 15 is 0 Å². The van der Waals surface area contributed by atoms with Crippen molar-refractivity contribution in [2.45, 2.75) is 160 Å². The number of fused-ring (bicyclic) bond motifs is 6. The van der Waals surface area contributed by atoms with Gasteiger partial charge in [0.15, 0.2) is 21.6 Å². The van der Waals surface area contributed by atoms with Crippen LogP contribution >= 0.6 is 22.9 Å². The van der Waals surface area contributed by atoms with Crippen molar-refractivity contribution < 1.29 is 93.2 Å². The Labute approximate surface area is 786 Å². The van der Waals surface area contributed by atoms with E-state index in [1.807, 2.05) is 23.4 Å². The molecule has 9 heterocycles. The summed E-state index contributed by atoms with van der Waals surface area (Å²) in [6.07, 6.45) is 6.06. The summed E-state index contributed by atoms with van der Waals surface area (Å²) in [6, 6.07) is 23.7. The molecule has 0 saturated heterocycles. The Bertz CT molecular complexity index is 7130. The molecule has 7 aliphatic rings. The van der Waals surface area contributed by atoms with E-state index in [2.05, 4.69) is 63.0 Å². The Kier molecular flexibility index (Phi) is 25.9. The van der Waals surface area contributed by atoms with Crippen molar-refractivity contribution in [2.24, 2.45) is 36.3 Å². The first-order chi connectivity index (χ1) is 64.7. The number of Topliss-reactive ketones (excluding diaryl/α,β-unsaturated/α-hetero) is 3. The van der Waals surface area contributed by atoms with Crippen LogP contribution in [-0.2, 0) is 85.6 Å². The van der Waals surface area contributed by atoms with E-state index in [4.69, 9.17) is 16.3 Å². The molecule has 9 aromatic heterocycles. The average molecular weight is 1990 g/mol. The number of halogens is 15. The summed E-state index contributed by atoms with van der Waals surface area (Å²) in [5, 5.41) is 22.2. The number of ether oxygens (including phenoxy) is 1. The number of aryl methyl sites for hydroxylation is 2. The maximum atomic E-state index is 14.8. The largest absolute Gasteiger partial charge is 0.427 e. The fourth-order valence-electron chi connectivity index (χ4n) is 20.1. The van der Waals surface area contributed by atoms with Gasteiger partial charge in [0.05, 0.1) is 134 Å². The SMILES string of the molecule is C=S(=O)(CC1CCC2=Cc3c(cnn3-c3ccc(F)cc3)C[C@]2(C(=O)c2ccc(C(F)(F)F)cn2)C1)c1cnn(C)c1.C=S(=O)(c1ccc(Cl)nc1)N(CC(F)F)[C@H]1CCC2=Cc3c(cnn3-c3ccc(F)cc3)C[C@]2(C(=O)c2cc(C(F)(F)F)ccn2)C1.C=S(=O)(c1ccn(C)n1)N(C1CC(C)(OC)C1)[C@H]1CCC2=Cc3c(cnn3-c3ccc(F)cc3)C[C@]2(C(=O)c2ncc(C(F)(F)F)s2)C1. The zero-order valence-corrected chi connectivity index (χ0v) is 77.6. The normalized spacial score (nSPS) is 23.1. The minimum atomic E-state index is -4.75. The zero-order chi connectivity index (χ0) is 97.8. The summed E-state index contributed by atoms with van der Waals surface area (Å²) < 4.78 is 250. The number of hydrogen-bond donors (Lipinski definition) is 0. The molecule has 19 rings (SSSR count). The lowest BCUT2D eigenvalue weighted by atomic mass is 9.59. The zero-order valence-electron chi connectivity index (χ0n) is 73.6. The summed E-state index contributed by atoms with van der Waals surface area (Å²) in [7, 11) is -4.37. The number of pyridine rings is 3. The van der Waals surface area contributed by atoms with Crippen LogP contribution in [0.2, 0.25) is 5.15 Å². The van der Waals surface area contributed by atoms with Gasteiger partial charge in [-0.15, -0.1) is 11.3 Å². The van der Waals surface area contributed by atoms with Crippen LogP contribution in [0.3, 0.4) is 0 Å². The van der Waals surface area contributed by atoms with Crippen molar-refractivity contribution in [1.29, 1.82) is 0 Å². The molecule has 0 N–H and O–H groups in total. The van der Waals surface area contributed by atoms with Crippen LogP contribution in [0.15, 0.2) is 209 Å². The molecule has 0 amide bonds. The number of alkyl halides is 11. The third-order valence-corrected chi connectivity index (χ3v) is 34.5. The first kappa shape index (κ1) is 96.9. The van der Waals surface area contributed by atoms with Crippen molar-refractivity contribution in [3.63, 3.8) is 0 Å². The van der Waals surface area contributed by atoms with Gasteiger partial charge < -0.3 is 4.74 Å². The third-order valence-electron chi connectivity index (χ3n) is 26.9. The quantitative estimate of drug-likeness (QED) is 0.0264. The lowest BCUT2D eigenvalue weighted by molar-refractivity contribution is -0.138. The average Bonchev–Trinajstić information content (AvgIpc) is 1.67. The molecule has 137 heavy (non-hydrogen) atoms. The van der Waals surface area contributed by atoms with Gasteiger partial charge in [0, 0.05) is 76.1 Å². The van der Waals surface area contributed by atoms with Gasteiger partial charge in [0.25, 0.3) is 6.43 Å². The number of nitrogens with zero attached hydrogens (tertiary/aromatic N) is 16. The van der Waals surface area contributed by atoms with Crippen LogP contribution in [0.1, 0.15) is 158 Å².